The summed E-state index contributed by atoms with van der Waals surface area (Å²) in [5.41, 5.74) is 7.44. The van der Waals surface area contributed by atoms with Gasteiger partial charge in [0.2, 0.25) is 0 Å². The van der Waals surface area contributed by atoms with Crippen LogP contribution in [0.25, 0.3) is 0 Å². The quantitative estimate of drug-likeness (QED) is 0.684. The second-order valence-electron chi connectivity index (χ2n) is 4.81. The van der Waals surface area contributed by atoms with Gasteiger partial charge in [-0.15, -0.1) is 0 Å². The highest BCUT2D eigenvalue weighted by Gasteiger charge is 2.16. The van der Waals surface area contributed by atoms with Gasteiger partial charge in [-0.3, -0.25) is 4.79 Å². The van der Waals surface area contributed by atoms with Crippen LogP contribution < -0.4 is 15.8 Å². The van der Waals surface area contributed by atoms with E-state index >= 15 is 0 Å². The fourth-order valence-electron chi connectivity index (χ4n) is 2.06. The van der Waals surface area contributed by atoms with Crippen molar-refractivity contribution in [3.63, 3.8) is 0 Å². The molecular formula is C13H19N3O3. The number of nitrogens with two attached hydrogens (primary N) is 1. The maximum Gasteiger partial charge on any atom is 0.262 e. The number of carbonyl (C=O) groups excluding carboxylic acids is 1. The van der Waals surface area contributed by atoms with E-state index in [1.165, 1.54) is 0 Å². The average molecular weight is 265 g/mol. The summed E-state index contributed by atoms with van der Waals surface area (Å²) < 4.78 is 5.30. The van der Waals surface area contributed by atoms with Crippen LogP contribution in [0, 0.1) is 0 Å². The molecule has 0 saturated heterocycles. The van der Waals surface area contributed by atoms with Gasteiger partial charge in [-0.05, 0) is 24.7 Å². The zero-order valence-corrected chi connectivity index (χ0v) is 10.9. The number of anilines is 1. The molecule has 1 amide bonds. The van der Waals surface area contributed by atoms with Crippen molar-refractivity contribution in [1.82, 2.24) is 4.90 Å². The summed E-state index contributed by atoms with van der Waals surface area (Å²) in [4.78, 5) is 13.3. The zero-order valence-electron chi connectivity index (χ0n) is 10.9. The number of carbonyl (C=O) groups is 1. The lowest BCUT2D eigenvalue weighted by molar-refractivity contribution is -0.118. The van der Waals surface area contributed by atoms with Crippen LogP contribution >= 0.6 is 0 Å². The molecule has 0 spiro atoms. The number of rotatable bonds is 5. The van der Waals surface area contributed by atoms with Gasteiger partial charge in [-0.1, -0.05) is 6.07 Å². The zero-order chi connectivity index (χ0) is 13.8. The number of likely N-dealkylation sites (N-methyl/N-ethyl adjacent to an activating group) is 1. The molecule has 1 unspecified atom stereocenters. The third kappa shape index (κ3) is 3.66. The van der Waals surface area contributed by atoms with Crippen molar-refractivity contribution < 1.29 is 14.6 Å². The first-order valence-electron chi connectivity index (χ1n) is 6.19. The van der Waals surface area contributed by atoms with Crippen LogP contribution in [0.2, 0.25) is 0 Å². The fourth-order valence-corrected chi connectivity index (χ4v) is 2.06. The minimum atomic E-state index is -0.245. The van der Waals surface area contributed by atoms with Crippen LogP contribution in [0.15, 0.2) is 18.2 Å². The van der Waals surface area contributed by atoms with Crippen LogP contribution in [0.5, 0.6) is 5.75 Å². The van der Waals surface area contributed by atoms with Gasteiger partial charge in [-0.25, -0.2) is 0 Å². The first-order valence-corrected chi connectivity index (χ1v) is 6.19. The van der Waals surface area contributed by atoms with Crippen molar-refractivity contribution >= 4 is 11.6 Å². The van der Waals surface area contributed by atoms with Crippen molar-refractivity contribution in [3.8, 4) is 5.75 Å². The Morgan fingerprint density at radius 3 is 3.11 bits per heavy atom. The molecule has 0 radical (unpaired) electrons. The van der Waals surface area contributed by atoms with Gasteiger partial charge in [0.25, 0.3) is 5.91 Å². The van der Waals surface area contributed by atoms with E-state index in [2.05, 4.69) is 5.32 Å². The maximum absolute atomic E-state index is 11.3. The van der Waals surface area contributed by atoms with Crippen LogP contribution in [0.1, 0.15) is 5.56 Å². The standard InChI is InChI=1S/C13H19N3O3/c1-16(6-10(14)7-17)5-9-2-3-12-11(4-9)15-13(18)8-19-12/h2-4,10,17H,5-8,14H2,1H3,(H,15,18). The molecule has 0 fully saturated rings. The van der Waals surface area contributed by atoms with E-state index in [0.717, 1.165) is 5.56 Å². The number of hydrogen-bond donors (Lipinski definition) is 3. The third-order valence-electron chi connectivity index (χ3n) is 2.91. The first kappa shape index (κ1) is 13.8. The Balaban J connectivity index is 2.01. The van der Waals surface area contributed by atoms with Gasteiger partial charge in [-0.2, -0.15) is 0 Å². The molecule has 1 aliphatic rings. The maximum atomic E-state index is 11.3. The lowest BCUT2D eigenvalue weighted by Crippen LogP contribution is -2.37. The SMILES string of the molecule is CN(Cc1ccc2c(c1)NC(=O)CO2)CC(N)CO. The Morgan fingerprint density at radius 2 is 2.37 bits per heavy atom. The minimum Gasteiger partial charge on any atom is -0.482 e. The second kappa shape index (κ2) is 6.01. The van der Waals surface area contributed by atoms with Gasteiger partial charge >= 0.3 is 0 Å². The Kier molecular flexibility index (Phi) is 4.36. The molecule has 104 valence electrons. The number of nitrogens with zero attached hydrogens (tertiary/aromatic N) is 1. The summed E-state index contributed by atoms with van der Waals surface area (Å²) in [5.74, 6) is 0.554. The summed E-state index contributed by atoms with van der Waals surface area (Å²) in [7, 11) is 1.93. The van der Waals surface area contributed by atoms with E-state index in [4.69, 9.17) is 15.6 Å². The predicted octanol–water partition coefficient (Wildman–Crippen LogP) is -0.231. The Labute approximate surface area is 112 Å². The van der Waals surface area contributed by atoms with Crippen molar-refractivity contribution in [3.05, 3.63) is 23.8 Å². The monoisotopic (exact) mass is 265 g/mol. The summed E-state index contributed by atoms with van der Waals surface area (Å²) in [5, 5.41) is 11.7. The molecule has 19 heavy (non-hydrogen) atoms. The number of hydrogen-bond acceptors (Lipinski definition) is 5. The molecule has 4 N–H and O–H groups in total. The second-order valence-corrected chi connectivity index (χ2v) is 4.81. The van der Waals surface area contributed by atoms with Crippen LogP contribution in [0.4, 0.5) is 5.69 Å². The molecule has 1 aromatic rings. The predicted molar refractivity (Wildman–Crippen MR) is 72.0 cm³/mol. The number of nitrogens with one attached hydrogen (secondary N) is 1. The van der Waals surface area contributed by atoms with E-state index < -0.39 is 0 Å². The third-order valence-corrected chi connectivity index (χ3v) is 2.91. The highest BCUT2D eigenvalue weighted by Crippen LogP contribution is 2.28. The summed E-state index contributed by atoms with van der Waals surface area (Å²) >= 11 is 0. The molecule has 0 aliphatic carbocycles. The van der Waals surface area contributed by atoms with Crippen LogP contribution in [0.3, 0.4) is 0 Å². The lowest BCUT2D eigenvalue weighted by Gasteiger charge is -2.22. The lowest BCUT2D eigenvalue weighted by atomic mass is 10.1. The molecule has 1 aromatic carbocycles. The number of fused-ring (bicyclic) bond motifs is 1. The topological polar surface area (TPSA) is 87.8 Å². The fraction of sp³-hybridized carbons (Fsp3) is 0.462. The van der Waals surface area contributed by atoms with E-state index in [0.29, 0.717) is 24.5 Å². The average Bonchev–Trinajstić information content (AvgIpc) is 2.37. The summed E-state index contributed by atoms with van der Waals surface area (Å²) in [6.45, 7) is 1.34. The van der Waals surface area contributed by atoms with Gasteiger partial charge in [0, 0.05) is 19.1 Å². The molecule has 1 aliphatic heterocycles. The Bertz CT molecular complexity index is 464. The molecule has 6 heteroatoms. The van der Waals surface area contributed by atoms with Crippen LogP contribution in [-0.2, 0) is 11.3 Å². The molecule has 2 rings (SSSR count). The van der Waals surface area contributed by atoms with Crippen molar-refractivity contribution in [2.75, 3.05) is 32.1 Å². The molecular weight excluding hydrogens is 246 g/mol. The number of aliphatic hydroxyl groups is 1. The normalized spacial score (nSPS) is 15.7. The van der Waals surface area contributed by atoms with E-state index in [1.54, 1.807) is 0 Å². The molecule has 0 saturated carbocycles. The van der Waals surface area contributed by atoms with Crippen LogP contribution in [-0.4, -0.2) is 48.8 Å². The summed E-state index contributed by atoms with van der Waals surface area (Å²) in [6.07, 6.45) is 0. The molecule has 1 heterocycles. The highest BCUT2D eigenvalue weighted by atomic mass is 16.5. The van der Waals surface area contributed by atoms with Gasteiger partial charge in [0.05, 0.1) is 12.3 Å². The number of benzene rings is 1. The Hall–Kier alpha value is -1.63. The number of amides is 1. The first-order chi connectivity index (χ1) is 9.08. The van der Waals surface area contributed by atoms with Gasteiger partial charge in [0.1, 0.15) is 5.75 Å². The van der Waals surface area contributed by atoms with Gasteiger partial charge < -0.3 is 25.8 Å². The van der Waals surface area contributed by atoms with E-state index in [-0.39, 0.29) is 25.2 Å². The molecule has 1 atom stereocenters. The smallest absolute Gasteiger partial charge is 0.262 e. The van der Waals surface area contributed by atoms with E-state index in [9.17, 15) is 4.79 Å². The Morgan fingerprint density at radius 1 is 1.58 bits per heavy atom. The molecule has 0 aromatic heterocycles. The van der Waals surface area contributed by atoms with E-state index in [1.807, 2.05) is 30.1 Å². The summed E-state index contributed by atoms with van der Waals surface area (Å²) in [6, 6.07) is 5.46. The largest absolute Gasteiger partial charge is 0.482 e. The minimum absolute atomic E-state index is 0.0293. The molecule has 0 bridgehead atoms. The van der Waals surface area contributed by atoms with Crippen molar-refractivity contribution in [2.45, 2.75) is 12.6 Å². The van der Waals surface area contributed by atoms with Gasteiger partial charge in [0.15, 0.2) is 6.61 Å². The molecule has 6 nitrogen and oxygen atoms in total. The highest BCUT2D eigenvalue weighted by molar-refractivity contribution is 5.95. The number of ether oxygens (including phenoxy) is 1. The van der Waals surface area contributed by atoms with Crippen molar-refractivity contribution in [2.24, 2.45) is 5.73 Å². The number of aliphatic hydroxyl groups excluding tert-OH is 1. The van der Waals surface area contributed by atoms with Crippen molar-refractivity contribution in [1.29, 1.82) is 0 Å².